The second-order valence-electron chi connectivity index (χ2n) is 5.28. The SMILES string of the molecule is CCCN(CC)CCNCCCC(C)(C)C#N. The van der Waals surface area contributed by atoms with E-state index in [4.69, 9.17) is 5.26 Å². The van der Waals surface area contributed by atoms with Crippen molar-refractivity contribution in [3.63, 3.8) is 0 Å². The van der Waals surface area contributed by atoms with Gasteiger partial charge >= 0.3 is 0 Å². The molecule has 3 nitrogen and oxygen atoms in total. The van der Waals surface area contributed by atoms with E-state index in [2.05, 4.69) is 30.1 Å². The van der Waals surface area contributed by atoms with Crippen molar-refractivity contribution in [2.75, 3.05) is 32.7 Å². The Morgan fingerprint density at radius 3 is 2.41 bits per heavy atom. The molecule has 0 atom stereocenters. The molecule has 0 spiro atoms. The molecule has 1 N–H and O–H groups in total. The van der Waals surface area contributed by atoms with Gasteiger partial charge in [-0.1, -0.05) is 13.8 Å². The second kappa shape index (κ2) is 9.44. The number of nitrogens with one attached hydrogen (secondary N) is 1. The fraction of sp³-hybridized carbons (Fsp3) is 0.929. The first kappa shape index (κ1) is 16.4. The molecular weight excluding hydrogens is 210 g/mol. The Bertz CT molecular complexity index is 218. The summed E-state index contributed by atoms with van der Waals surface area (Å²) in [5.41, 5.74) is -0.167. The highest BCUT2D eigenvalue weighted by Crippen LogP contribution is 2.19. The van der Waals surface area contributed by atoms with Crippen LogP contribution in [-0.2, 0) is 0 Å². The summed E-state index contributed by atoms with van der Waals surface area (Å²) in [5, 5.41) is 12.3. The molecule has 0 heterocycles. The molecule has 0 saturated carbocycles. The van der Waals surface area contributed by atoms with Gasteiger partial charge in [0.15, 0.2) is 0 Å². The van der Waals surface area contributed by atoms with E-state index in [-0.39, 0.29) is 5.41 Å². The summed E-state index contributed by atoms with van der Waals surface area (Å²) in [6.07, 6.45) is 3.29. The highest BCUT2D eigenvalue weighted by atomic mass is 15.1. The minimum atomic E-state index is -0.167. The van der Waals surface area contributed by atoms with Crippen LogP contribution in [0.3, 0.4) is 0 Å². The third-order valence-corrected chi connectivity index (χ3v) is 3.05. The summed E-state index contributed by atoms with van der Waals surface area (Å²) < 4.78 is 0. The molecule has 3 heteroatoms. The predicted octanol–water partition coefficient (Wildman–Crippen LogP) is 2.64. The van der Waals surface area contributed by atoms with E-state index >= 15 is 0 Å². The van der Waals surface area contributed by atoms with E-state index in [0.717, 1.165) is 39.0 Å². The summed E-state index contributed by atoms with van der Waals surface area (Å²) in [4.78, 5) is 2.46. The van der Waals surface area contributed by atoms with Crippen LogP contribution >= 0.6 is 0 Å². The van der Waals surface area contributed by atoms with Crippen molar-refractivity contribution in [2.24, 2.45) is 5.41 Å². The van der Waals surface area contributed by atoms with Crippen LogP contribution in [0.25, 0.3) is 0 Å². The van der Waals surface area contributed by atoms with Gasteiger partial charge in [-0.3, -0.25) is 0 Å². The van der Waals surface area contributed by atoms with Gasteiger partial charge in [-0.05, 0) is 52.7 Å². The van der Waals surface area contributed by atoms with E-state index in [9.17, 15) is 0 Å². The van der Waals surface area contributed by atoms with Crippen molar-refractivity contribution < 1.29 is 0 Å². The van der Waals surface area contributed by atoms with Crippen LogP contribution in [0.1, 0.15) is 47.0 Å². The van der Waals surface area contributed by atoms with E-state index < -0.39 is 0 Å². The quantitative estimate of drug-likeness (QED) is 0.596. The number of hydrogen-bond donors (Lipinski definition) is 1. The van der Waals surface area contributed by atoms with Crippen molar-refractivity contribution in [3.05, 3.63) is 0 Å². The molecule has 100 valence electrons. The summed E-state index contributed by atoms with van der Waals surface area (Å²) in [5.74, 6) is 0. The van der Waals surface area contributed by atoms with Gasteiger partial charge in [-0.2, -0.15) is 5.26 Å². The monoisotopic (exact) mass is 239 g/mol. The van der Waals surface area contributed by atoms with E-state index in [1.807, 2.05) is 13.8 Å². The minimum Gasteiger partial charge on any atom is -0.315 e. The molecular formula is C14H29N3. The smallest absolute Gasteiger partial charge is 0.0683 e. The Morgan fingerprint density at radius 2 is 1.88 bits per heavy atom. The normalized spacial score (nSPS) is 11.8. The molecule has 0 aromatic rings. The van der Waals surface area contributed by atoms with Crippen LogP contribution in [0.15, 0.2) is 0 Å². The van der Waals surface area contributed by atoms with Gasteiger partial charge in [0.05, 0.1) is 11.5 Å². The lowest BCUT2D eigenvalue weighted by molar-refractivity contribution is 0.286. The van der Waals surface area contributed by atoms with Crippen molar-refractivity contribution in [2.45, 2.75) is 47.0 Å². The first-order valence-electron chi connectivity index (χ1n) is 6.90. The molecule has 0 aliphatic heterocycles. The third-order valence-electron chi connectivity index (χ3n) is 3.05. The zero-order valence-corrected chi connectivity index (χ0v) is 12.1. The molecule has 0 aromatic carbocycles. The maximum absolute atomic E-state index is 8.88. The molecule has 0 aliphatic carbocycles. The van der Waals surface area contributed by atoms with E-state index in [0.29, 0.717) is 0 Å². The predicted molar refractivity (Wildman–Crippen MR) is 73.9 cm³/mol. The molecule has 0 bridgehead atoms. The summed E-state index contributed by atoms with van der Waals surface area (Å²) >= 11 is 0. The van der Waals surface area contributed by atoms with Crippen LogP contribution < -0.4 is 5.32 Å². The molecule has 0 fully saturated rings. The van der Waals surface area contributed by atoms with Crippen molar-refractivity contribution in [1.29, 1.82) is 5.26 Å². The van der Waals surface area contributed by atoms with Crippen molar-refractivity contribution in [3.8, 4) is 6.07 Å². The zero-order chi connectivity index (χ0) is 13.1. The van der Waals surface area contributed by atoms with Gasteiger partial charge in [-0.15, -0.1) is 0 Å². The second-order valence-corrected chi connectivity index (χ2v) is 5.28. The number of nitrogens with zero attached hydrogens (tertiary/aromatic N) is 2. The van der Waals surface area contributed by atoms with Gasteiger partial charge in [0.2, 0.25) is 0 Å². The molecule has 0 radical (unpaired) electrons. The number of nitriles is 1. The number of likely N-dealkylation sites (N-methyl/N-ethyl adjacent to an activating group) is 1. The maximum Gasteiger partial charge on any atom is 0.0683 e. The van der Waals surface area contributed by atoms with E-state index in [1.54, 1.807) is 0 Å². The third kappa shape index (κ3) is 9.14. The Balaban J connectivity index is 3.43. The fourth-order valence-electron chi connectivity index (χ4n) is 1.82. The summed E-state index contributed by atoms with van der Waals surface area (Å²) in [6, 6.07) is 2.34. The Kier molecular flexibility index (Phi) is 9.11. The topological polar surface area (TPSA) is 39.1 Å². The van der Waals surface area contributed by atoms with Crippen molar-refractivity contribution in [1.82, 2.24) is 10.2 Å². The molecule has 0 amide bonds. The first-order valence-corrected chi connectivity index (χ1v) is 6.90. The molecule has 0 aromatic heterocycles. The Labute approximate surface area is 107 Å². The van der Waals surface area contributed by atoms with Crippen LogP contribution in [0.2, 0.25) is 0 Å². The maximum atomic E-state index is 8.88. The summed E-state index contributed by atoms with van der Waals surface area (Å²) in [6.45, 7) is 14.0. The lowest BCUT2D eigenvalue weighted by Crippen LogP contribution is -2.33. The highest BCUT2D eigenvalue weighted by molar-refractivity contribution is 4.91. The minimum absolute atomic E-state index is 0.167. The van der Waals surface area contributed by atoms with Gasteiger partial charge in [0.25, 0.3) is 0 Å². The average Bonchev–Trinajstić information content (AvgIpc) is 2.32. The number of hydrogen-bond acceptors (Lipinski definition) is 3. The van der Waals surface area contributed by atoms with Crippen LogP contribution in [0, 0.1) is 16.7 Å². The van der Waals surface area contributed by atoms with Crippen LogP contribution in [-0.4, -0.2) is 37.6 Å². The van der Waals surface area contributed by atoms with Crippen LogP contribution in [0.5, 0.6) is 0 Å². The standard InChI is InChI=1S/C14H29N3/c1-5-11-17(6-2)12-10-16-9-7-8-14(3,4)13-15/h16H,5-12H2,1-4H3. The van der Waals surface area contributed by atoms with Gasteiger partial charge in [-0.25, -0.2) is 0 Å². The van der Waals surface area contributed by atoms with Crippen molar-refractivity contribution >= 4 is 0 Å². The molecule has 17 heavy (non-hydrogen) atoms. The van der Waals surface area contributed by atoms with Gasteiger partial charge < -0.3 is 10.2 Å². The fourth-order valence-corrected chi connectivity index (χ4v) is 1.82. The molecule has 0 aliphatic rings. The van der Waals surface area contributed by atoms with Gasteiger partial charge in [0.1, 0.15) is 0 Å². The van der Waals surface area contributed by atoms with E-state index in [1.165, 1.54) is 13.0 Å². The van der Waals surface area contributed by atoms with Gasteiger partial charge in [0, 0.05) is 13.1 Å². The lowest BCUT2D eigenvalue weighted by atomic mass is 9.90. The zero-order valence-electron chi connectivity index (χ0n) is 12.1. The Hall–Kier alpha value is -0.590. The molecule has 0 unspecified atom stereocenters. The largest absolute Gasteiger partial charge is 0.315 e. The molecule has 0 saturated heterocycles. The highest BCUT2D eigenvalue weighted by Gasteiger charge is 2.15. The molecule has 0 rings (SSSR count). The lowest BCUT2D eigenvalue weighted by Gasteiger charge is -2.20. The van der Waals surface area contributed by atoms with Crippen LogP contribution in [0.4, 0.5) is 0 Å². The summed E-state index contributed by atoms with van der Waals surface area (Å²) in [7, 11) is 0. The Morgan fingerprint density at radius 1 is 1.18 bits per heavy atom. The number of rotatable bonds is 10. The first-order chi connectivity index (χ1) is 8.05. The average molecular weight is 239 g/mol.